The predicted octanol–water partition coefficient (Wildman–Crippen LogP) is 5.91. The summed E-state index contributed by atoms with van der Waals surface area (Å²) in [4.78, 5) is 23.5. The highest BCUT2D eigenvalue weighted by Crippen LogP contribution is 2.35. The first kappa shape index (κ1) is 23.2. The number of carbonyl (C=O) groups excluding carboxylic acids is 2. The van der Waals surface area contributed by atoms with Crippen molar-refractivity contribution in [1.82, 2.24) is 0 Å². The van der Waals surface area contributed by atoms with Gasteiger partial charge in [0.25, 0.3) is 0 Å². The van der Waals surface area contributed by atoms with Gasteiger partial charge in [-0.3, -0.25) is 4.79 Å². The molecular weight excluding hydrogens is 364 g/mol. The van der Waals surface area contributed by atoms with Crippen LogP contribution in [0.3, 0.4) is 0 Å². The third kappa shape index (κ3) is 8.43. The van der Waals surface area contributed by atoms with Gasteiger partial charge in [-0.15, -0.1) is 0 Å². The Labute approximate surface area is 175 Å². The third-order valence-electron chi connectivity index (χ3n) is 5.46. The lowest BCUT2D eigenvalue weighted by molar-refractivity contribution is -0.153. The second kappa shape index (κ2) is 11.2. The summed E-state index contributed by atoms with van der Waals surface area (Å²) >= 11 is 0. The maximum atomic E-state index is 11.8. The number of benzene rings is 1. The van der Waals surface area contributed by atoms with E-state index in [0.717, 1.165) is 11.5 Å². The summed E-state index contributed by atoms with van der Waals surface area (Å²) in [6.45, 7) is 8.50. The smallest absolute Gasteiger partial charge is 0.330 e. The normalized spacial score (nSPS) is 19.9. The molecular formula is C25H36O4. The zero-order chi connectivity index (χ0) is 21.3. The zero-order valence-corrected chi connectivity index (χ0v) is 18.4. The fourth-order valence-electron chi connectivity index (χ4n) is 3.44. The summed E-state index contributed by atoms with van der Waals surface area (Å²) in [7, 11) is 0. The lowest BCUT2D eigenvalue weighted by atomic mass is 9.79. The summed E-state index contributed by atoms with van der Waals surface area (Å²) in [5, 5.41) is 0. The Morgan fingerprint density at radius 2 is 1.55 bits per heavy atom. The quantitative estimate of drug-likeness (QED) is 0.309. The van der Waals surface area contributed by atoms with E-state index in [1.807, 2.05) is 20.8 Å². The minimum absolute atomic E-state index is 0.207. The van der Waals surface area contributed by atoms with Crippen LogP contribution in [0.2, 0.25) is 0 Å². The van der Waals surface area contributed by atoms with E-state index >= 15 is 0 Å². The number of unbranched alkanes of at least 4 members (excludes halogenated alkanes) is 1. The van der Waals surface area contributed by atoms with Crippen LogP contribution in [0, 0.1) is 11.3 Å². The highest BCUT2D eigenvalue weighted by molar-refractivity contribution is 5.87. The molecule has 29 heavy (non-hydrogen) atoms. The molecule has 0 saturated heterocycles. The van der Waals surface area contributed by atoms with Gasteiger partial charge in [-0.2, -0.15) is 0 Å². The fraction of sp³-hybridized carbons (Fsp3) is 0.600. The third-order valence-corrected chi connectivity index (χ3v) is 5.46. The molecule has 4 nitrogen and oxygen atoms in total. The van der Waals surface area contributed by atoms with Gasteiger partial charge >= 0.3 is 11.9 Å². The Balaban J connectivity index is 1.64. The van der Waals surface area contributed by atoms with E-state index in [1.165, 1.54) is 37.3 Å². The second-order valence-electron chi connectivity index (χ2n) is 9.22. The average Bonchev–Trinajstić information content (AvgIpc) is 2.69. The van der Waals surface area contributed by atoms with Crippen molar-refractivity contribution >= 4 is 18.0 Å². The Morgan fingerprint density at radius 3 is 2.14 bits per heavy atom. The SMILES string of the molecule is CC1CCC(c2ccc(/C=C/C(=O)OCCCCOC(=O)C(C)(C)C)cc2)CC1. The highest BCUT2D eigenvalue weighted by atomic mass is 16.5. The molecule has 0 radical (unpaired) electrons. The molecule has 2 rings (SSSR count). The first-order chi connectivity index (χ1) is 13.8. The van der Waals surface area contributed by atoms with E-state index < -0.39 is 5.41 Å². The van der Waals surface area contributed by atoms with Gasteiger partial charge in [-0.05, 0) is 75.5 Å². The van der Waals surface area contributed by atoms with Crippen LogP contribution >= 0.6 is 0 Å². The van der Waals surface area contributed by atoms with Crippen molar-refractivity contribution in [3.05, 3.63) is 41.5 Å². The summed E-state index contributed by atoms with van der Waals surface area (Å²) in [6.07, 6.45) is 9.80. The Morgan fingerprint density at radius 1 is 0.966 bits per heavy atom. The van der Waals surface area contributed by atoms with Crippen LogP contribution in [-0.2, 0) is 19.1 Å². The molecule has 4 heteroatoms. The van der Waals surface area contributed by atoms with Crippen LogP contribution in [0.15, 0.2) is 30.3 Å². The standard InChI is InChI=1S/C25H36O4/c1-19-7-12-21(13-8-19)22-14-9-20(10-15-22)11-16-23(26)28-17-5-6-18-29-24(27)25(2,3)4/h9-11,14-16,19,21H,5-8,12-13,17-18H2,1-4H3/b16-11+. The lowest BCUT2D eigenvalue weighted by Gasteiger charge is -2.26. The minimum Gasteiger partial charge on any atom is -0.465 e. The topological polar surface area (TPSA) is 52.6 Å². The summed E-state index contributed by atoms with van der Waals surface area (Å²) in [5.74, 6) is 0.985. The zero-order valence-electron chi connectivity index (χ0n) is 18.4. The first-order valence-electron chi connectivity index (χ1n) is 10.9. The van der Waals surface area contributed by atoms with Crippen molar-refractivity contribution in [3.8, 4) is 0 Å². The Kier molecular flexibility index (Phi) is 8.94. The van der Waals surface area contributed by atoms with Crippen molar-refractivity contribution in [2.45, 2.75) is 72.1 Å². The molecule has 160 valence electrons. The lowest BCUT2D eigenvalue weighted by Crippen LogP contribution is -2.23. The van der Waals surface area contributed by atoms with Crippen molar-refractivity contribution in [2.75, 3.05) is 13.2 Å². The molecule has 0 heterocycles. The van der Waals surface area contributed by atoms with Crippen molar-refractivity contribution in [3.63, 3.8) is 0 Å². The van der Waals surface area contributed by atoms with Crippen LogP contribution in [-0.4, -0.2) is 25.2 Å². The van der Waals surface area contributed by atoms with Crippen LogP contribution in [0.5, 0.6) is 0 Å². The second-order valence-corrected chi connectivity index (χ2v) is 9.22. The van der Waals surface area contributed by atoms with Gasteiger partial charge < -0.3 is 9.47 Å². The molecule has 0 atom stereocenters. The molecule has 1 saturated carbocycles. The first-order valence-corrected chi connectivity index (χ1v) is 10.9. The van der Waals surface area contributed by atoms with E-state index in [2.05, 4.69) is 31.2 Å². The number of hydrogen-bond donors (Lipinski definition) is 0. The molecule has 0 bridgehead atoms. The number of ether oxygens (including phenoxy) is 2. The highest BCUT2D eigenvalue weighted by Gasteiger charge is 2.22. The Bertz CT molecular complexity index is 674. The Hall–Kier alpha value is -2.10. The fourth-order valence-corrected chi connectivity index (χ4v) is 3.44. The number of esters is 2. The largest absolute Gasteiger partial charge is 0.465 e. The molecule has 1 fully saturated rings. The summed E-state index contributed by atoms with van der Waals surface area (Å²) < 4.78 is 10.4. The number of hydrogen-bond acceptors (Lipinski definition) is 4. The monoisotopic (exact) mass is 400 g/mol. The molecule has 0 spiro atoms. The van der Waals surface area contributed by atoms with E-state index in [-0.39, 0.29) is 11.9 Å². The molecule has 1 aliphatic rings. The van der Waals surface area contributed by atoms with Gasteiger partial charge in [0.1, 0.15) is 0 Å². The van der Waals surface area contributed by atoms with E-state index in [4.69, 9.17) is 9.47 Å². The van der Waals surface area contributed by atoms with Crippen LogP contribution in [0.25, 0.3) is 6.08 Å². The van der Waals surface area contributed by atoms with Crippen LogP contribution < -0.4 is 0 Å². The minimum atomic E-state index is -0.482. The molecule has 0 amide bonds. The van der Waals surface area contributed by atoms with E-state index in [1.54, 1.807) is 6.08 Å². The molecule has 1 aromatic rings. The van der Waals surface area contributed by atoms with Crippen molar-refractivity contribution in [1.29, 1.82) is 0 Å². The molecule has 1 aromatic carbocycles. The van der Waals surface area contributed by atoms with Crippen LogP contribution in [0.4, 0.5) is 0 Å². The maximum Gasteiger partial charge on any atom is 0.330 e. The molecule has 0 unspecified atom stereocenters. The molecule has 0 aromatic heterocycles. The van der Waals surface area contributed by atoms with E-state index in [9.17, 15) is 9.59 Å². The summed E-state index contributed by atoms with van der Waals surface area (Å²) in [5.41, 5.74) is 1.93. The number of rotatable bonds is 8. The van der Waals surface area contributed by atoms with Gasteiger partial charge in [0, 0.05) is 6.08 Å². The van der Waals surface area contributed by atoms with E-state index in [0.29, 0.717) is 32.0 Å². The average molecular weight is 401 g/mol. The van der Waals surface area contributed by atoms with Gasteiger partial charge in [0.2, 0.25) is 0 Å². The van der Waals surface area contributed by atoms with Gasteiger partial charge in [-0.1, -0.05) is 44.0 Å². The van der Waals surface area contributed by atoms with Gasteiger partial charge in [-0.25, -0.2) is 4.79 Å². The van der Waals surface area contributed by atoms with Crippen molar-refractivity contribution in [2.24, 2.45) is 11.3 Å². The van der Waals surface area contributed by atoms with Gasteiger partial charge in [0.15, 0.2) is 0 Å². The molecule has 0 N–H and O–H groups in total. The summed E-state index contributed by atoms with van der Waals surface area (Å²) in [6, 6.07) is 8.51. The number of carbonyl (C=O) groups is 2. The van der Waals surface area contributed by atoms with Gasteiger partial charge in [0.05, 0.1) is 18.6 Å². The molecule has 1 aliphatic carbocycles. The maximum absolute atomic E-state index is 11.8. The van der Waals surface area contributed by atoms with Crippen LogP contribution in [0.1, 0.15) is 83.3 Å². The molecule has 0 aliphatic heterocycles. The predicted molar refractivity (Wildman–Crippen MR) is 116 cm³/mol. The van der Waals surface area contributed by atoms with Crippen molar-refractivity contribution < 1.29 is 19.1 Å².